The highest BCUT2D eigenvalue weighted by atomic mass is 19.4. The summed E-state index contributed by atoms with van der Waals surface area (Å²) in [4.78, 5) is 0. The predicted molar refractivity (Wildman–Crippen MR) is 86.2 cm³/mol. The molecule has 0 amide bonds. The van der Waals surface area contributed by atoms with Crippen LogP contribution in [0.5, 0.6) is 0 Å². The minimum Gasteiger partial charge on any atom is -0.369 e. The van der Waals surface area contributed by atoms with Gasteiger partial charge < -0.3 is 5.32 Å². The van der Waals surface area contributed by atoms with Crippen molar-refractivity contribution in [3.63, 3.8) is 0 Å². The molecule has 0 saturated heterocycles. The summed E-state index contributed by atoms with van der Waals surface area (Å²) in [5, 5.41) is 7.69. The molecule has 128 valence electrons. The zero-order valence-electron chi connectivity index (χ0n) is 12.9. The number of anilines is 1. The minimum absolute atomic E-state index is 0.362. The van der Waals surface area contributed by atoms with Gasteiger partial charge in [0, 0.05) is 17.7 Å². The van der Waals surface area contributed by atoms with E-state index < -0.39 is 11.7 Å². The van der Waals surface area contributed by atoms with Gasteiger partial charge in [-0.15, -0.1) is 0 Å². The van der Waals surface area contributed by atoms with E-state index in [4.69, 9.17) is 0 Å². The fourth-order valence-corrected chi connectivity index (χ4v) is 3.02. The van der Waals surface area contributed by atoms with Crippen molar-refractivity contribution < 1.29 is 17.6 Å². The summed E-state index contributed by atoms with van der Waals surface area (Å²) < 4.78 is 53.7. The molecule has 3 nitrogen and oxygen atoms in total. The van der Waals surface area contributed by atoms with E-state index in [2.05, 4.69) is 10.4 Å². The molecule has 0 unspecified atom stereocenters. The largest absolute Gasteiger partial charge is 0.416 e. The highest BCUT2D eigenvalue weighted by Gasteiger charge is 2.31. The minimum atomic E-state index is -4.41. The molecular formula is C18H13F4N3. The lowest BCUT2D eigenvalue weighted by Crippen LogP contribution is -2.05. The van der Waals surface area contributed by atoms with Crippen molar-refractivity contribution in [2.45, 2.75) is 12.6 Å². The Morgan fingerprint density at radius 2 is 1.80 bits per heavy atom. The van der Waals surface area contributed by atoms with Gasteiger partial charge >= 0.3 is 6.18 Å². The standard InChI is InChI=1S/C18H13F4N3/c19-13-4-6-14(7-5-13)25-17-15(8-9-23-17)16(24-25)11-2-1-3-12(10-11)18(20,21)22/h1-7,10,23H,8-9H2. The van der Waals surface area contributed by atoms with Gasteiger partial charge in [0.25, 0.3) is 0 Å². The molecule has 0 radical (unpaired) electrons. The Morgan fingerprint density at radius 3 is 2.52 bits per heavy atom. The van der Waals surface area contributed by atoms with Crippen LogP contribution >= 0.6 is 0 Å². The molecule has 1 aliphatic rings. The number of nitrogens with one attached hydrogen (secondary N) is 1. The van der Waals surface area contributed by atoms with Crippen LogP contribution in [0.2, 0.25) is 0 Å². The van der Waals surface area contributed by atoms with Gasteiger partial charge in [0.2, 0.25) is 0 Å². The lowest BCUT2D eigenvalue weighted by Gasteiger charge is -2.08. The second-order valence-electron chi connectivity index (χ2n) is 5.82. The highest BCUT2D eigenvalue weighted by molar-refractivity contribution is 5.73. The van der Waals surface area contributed by atoms with E-state index in [1.165, 1.54) is 18.2 Å². The molecule has 2 aromatic carbocycles. The number of halogens is 4. The van der Waals surface area contributed by atoms with E-state index in [1.807, 2.05) is 0 Å². The summed E-state index contributed by atoms with van der Waals surface area (Å²) in [6.45, 7) is 0.681. The monoisotopic (exact) mass is 347 g/mol. The third kappa shape index (κ3) is 2.75. The Kier molecular flexibility index (Phi) is 3.52. The summed E-state index contributed by atoms with van der Waals surface area (Å²) in [5.74, 6) is 0.373. The zero-order chi connectivity index (χ0) is 17.6. The van der Waals surface area contributed by atoms with Crippen molar-refractivity contribution in [3.05, 3.63) is 65.5 Å². The summed E-state index contributed by atoms with van der Waals surface area (Å²) >= 11 is 0. The second kappa shape index (κ2) is 5.61. The number of alkyl halides is 3. The molecule has 0 atom stereocenters. The number of fused-ring (bicyclic) bond motifs is 1. The van der Waals surface area contributed by atoms with Gasteiger partial charge in [0.15, 0.2) is 0 Å². The number of aromatic nitrogens is 2. The third-order valence-corrected chi connectivity index (χ3v) is 4.19. The molecule has 0 spiro atoms. The molecule has 0 bridgehead atoms. The quantitative estimate of drug-likeness (QED) is 0.683. The fraction of sp³-hybridized carbons (Fsp3) is 0.167. The molecule has 7 heteroatoms. The Balaban J connectivity index is 1.85. The van der Waals surface area contributed by atoms with E-state index in [9.17, 15) is 17.6 Å². The van der Waals surface area contributed by atoms with E-state index in [0.29, 0.717) is 29.9 Å². The van der Waals surface area contributed by atoms with Crippen LogP contribution in [0.1, 0.15) is 11.1 Å². The molecule has 2 heterocycles. The summed E-state index contributed by atoms with van der Waals surface area (Å²) in [6, 6.07) is 10.9. The number of hydrogen-bond donors (Lipinski definition) is 1. The van der Waals surface area contributed by atoms with Crippen molar-refractivity contribution in [1.29, 1.82) is 0 Å². The number of nitrogens with zero attached hydrogens (tertiary/aromatic N) is 2. The number of benzene rings is 2. The van der Waals surface area contributed by atoms with Gasteiger partial charge in [0.1, 0.15) is 11.6 Å². The number of hydrogen-bond acceptors (Lipinski definition) is 2. The van der Waals surface area contributed by atoms with Crippen LogP contribution in [0.25, 0.3) is 16.9 Å². The van der Waals surface area contributed by atoms with Crippen LogP contribution in [0.3, 0.4) is 0 Å². The molecule has 3 aromatic rings. The molecule has 1 aromatic heterocycles. The van der Waals surface area contributed by atoms with Crippen LogP contribution in [-0.4, -0.2) is 16.3 Å². The van der Waals surface area contributed by atoms with Gasteiger partial charge in [-0.2, -0.15) is 18.3 Å². The average Bonchev–Trinajstić information content (AvgIpc) is 3.17. The van der Waals surface area contributed by atoms with E-state index in [0.717, 1.165) is 23.5 Å². The first-order valence-electron chi connectivity index (χ1n) is 7.73. The van der Waals surface area contributed by atoms with Crippen LogP contribution in [-0.2, 0) is 12.6 Å². The second-order valence-corrected chi connectivity index (χ2v) is 5.82. The Bertz CT molecular complexity index is 926. The van der Waals surface area contributed by atoms with Crippen molar-refractivity contribution in [3.8, 4) is 16.9 Å². The smallest absolute Gasteiger partial charge is 0.369 e. The Morgan fingerprint density at radius 1 is 1.04 bits per heavy atom. The van der Waals surface area contributed by atoms with Crippen molar-refractivity contribution >= 4 is 5.82 Å². The molecule has 0 saturated carbocycles. The predicted octanol–water partition coefficient (Wildman–Crippen LogP) is 4.67. The lowest BCUT2D eigenvalue weighted by atomic mass is 10.0. The van der Waals surface area contributed by atoms with Gasteiger partial charge in [-0.3, -0.25) is 0 Å². The summed E-state index contributed by atoms with van der Waals surface area (Å²) in [5.41, 5.74) is 1.72. The Labute approximate surface area is 140 Å². The molecule has 0 fully saturated rings. The van der Waals surface area contributed by atoms with Gasteiger partial charge in [-0.25, -0.2) is 9.07 Å². The molecule has 1 aliphatic heterocycles. The number of rotatable bonds is 2. The molecule has 1 N–H and O–H groups in total. The van der Waals surface area contributed by atoms with E-state index in [1.54, 1.807) is 22.9 Å². The topological polar surface area (TPSA) is 29.9 Å². The maximum Gasteiger partial charge on any atom is 0.416 e. The highest BCUT2D eigenvalue weighted by Crippen LogP contribution is 2.37. The molecule has 4 rings (SSSR count). The molecule has 0 aliphatic carbocycles. The van der Waals surface area contributed by atoms with Crippen LogP contribution in [0.4, 0.5) is 23.4 Å². The van der Waals surface area contributed by atoms with Crippen molar-refractivity contribution in [1.82, 2.24) is 9.78 Å². The van der Waals surface area contributed by atoms with Gasteiger partial charge in [0.05, 0.1) is 16.9 Å². The fourth-order valence-electron chi connectivity index (χ4n) is 3.02. The first-order chi connectivity index (χ1) is 11.9. The SMILES string of the molecule is Fc1ccc(-n2nc(-c3cccc(C(F)(F)F)c3)c3c2NCC3)cc1. The normalized spacial score (nSPS) is 13.6. The van der Waals surface area contributed by atoms with Crippen LogP contribution < -0.4 is 5.32 Å². The van der Waals surface area contributed by atoms with Crippen molar-refractivity contribution in [2.75, 3.05) is 11.9 Å². The van der Waals surface area contributed by atoms with Gasteiger partial charge in [-0.1, -0.05) is 12.1 Å². The molecular weight excluding hydrogens is 334 g/mol. The first-order valence-corrected chi connectivity index (χ1v) is 7.73. The summed E-state index contributed by atoms with van der Waals surface area (Å²) in [7, 11) is 0. The lowest BCUT2D eigenvalue weighted by molar-refractivity contribution is -0.137. The van der Waals surface area contributed by atoms with Crippen molar-refractivity contribution in [2.24, 2.45) is 0 Å². The Hall–Kier alpha value is -2.83. The zero-order valence-corrected chi connectivity index (χ0v) is 12.9. The summed E-state index contributed by atoms with van der Waals surface area (Å²) in [6.07, 6.45) is -3.74. The average molecular weight is 347 g/mol. The van der Waals surface area contributed by atoms with Gasteiger partial charge in [-0.05, 0) is 42.8 Å². The first kappa shape index (κ1) is 15.7. The van der Waals surface area contributed by atoms with Crippen LogP contribution in [0.15, 0.2) is 48.5 Å². The maximum absolute atomic E-state index is 13.2. The van der Waals surface area contributed by atoms with E-state index in [-0.39, 0.29) is 5.82 Å². The van der Waals surface area contributed by atoms with Crippen LogP contribution in [0, 0.1) is 5.82 Å². The molecule has 25 heavy (non-hydrogen) atoms. The third-order valence-electron chi connectivity index (χ3n) is 4.19. The van der Waals surface area contributed by atoms with E-state index >= 15 is 0 Å². The maximum atomic E-state index is 13.2.